The van der Waals surface area contributed by atoms with Crippen molar-refractivity contribution in [1.29, 1.82) is 0 Å². The highest BCUT2D eigenvalue weighted by molar-refractivity contribution is 5.81. The van der Waals surface area contributed by atoms with Crippen LogP contribution in [-0.2, 0) is 4.79 Å². The van der Waals surface area contributed by atoms with Gasteiger partial charge in [-0.3, -0.25) is 4.79 Å². The lowest BCUT2D eigenvalue weighted by molar-refractivity contribution is -0.123. The molecular weight excluding hydrogens is 212 g/mol. The molecule has 1 amide bonds. The van der Waals surface area contributed by atoms with E-state index in [1.165, 1.54) is 25.7 Å². The van der Waals surface area contributed by atoms with E-state index in [4.69, 9.17) is 5.73 Å². The third-order valence-corrected chi connectivity index (χ3v) is 4.39. The van der Waals surface area contributed by atoms with Crippen LogP contribution in [0.2, 0.25) is 0 Å². The van der Waals surface area contributed by atoms with Gasteiger partial charge in [-0.15, -0.1) is 0 Å². The molecule has 1 fully saturated rings. The fourth-order valence-corrected chi connectivity index (χ4v) is 2.56. The van der Waals surface area contributed by atoms with Crippen LogP contribution in [0, 0.1) is 17.8 Å². The number of nitrogens with two attached hydrogens (primary N) is 1. The van der Waals surface area contributed by atoms with Gasteiger partial charge in [0.1, 0.15) is 0 Å². The first-order valence-electron chi connectivity index (χ1n) is 7.09. The van der Waals surface area contributed by atoms with Crippen LogP contribution >= 0.6 is 0 Å². The van der Waals surface area contributed by atoms with Gasteiger partial charge >= 0.3 is 0 Å². The summed E-state index contributed by atoms with van der Waals surface area (Å²) in [7, 11) is 0. The second-order valence-electron chi connectivity index (χ2n) is 5.68. The summed E-state index contributed by atoms with van der Waals surface area (Å²) in [6.45, 7) is 7.21. The van der Waals surface area contributed by atoms with E-state index >= 15 is 0 Å². The first-order chi connectivity index (χ1) is 8.06. The van der Waals surface area contributed by atoms with Gasteiger partial charge in [0.15, 0.2) is 0 Å². The molecule has 0 saturated heterocycles. The number of amides is 1. The summed E-state index contributed by atoms with van der Waals surface area (Å²) >= 11 is 0. The highest BCUT2D eigenvalue weighted by atomic mass is 16.2. The third kappa shape index (κ3) is 4.30. The van der Waals surface area contributed by atoms with E-state index in [2.05, 4.69) is 19.2 Å². The highest BCUT2D eigenvalue weighted by Gasteiger charge is 2.24. The predicted molar refractivity (Wildman–Crippen MR) is 71.6 cm³/mol. The zero-order valence-corrected chi connectivity index (χ0v) is 11.5. The Morgan fingerprint density at radius 1 is 1.41 bits per heavy atom. The highest BCUT2D eigenvalue weighted by Crippen LogP contribution is 2.28. The molecule has 3 heteroatoms. The number of hydrogen-bond donors (Lipinski definition) is 2. The molecular formula is C14H28N2O. The van der Waals surface area contributed by atoms with Crippen LogP contribution in [0.15, 0.2) is 0 Å². The molecule has 1 aliphatic carbocycles. The van der Waals surface area contributed by atoms with Crippen molar-refractivity contribution in [3.8, 4) is 0 Å². The van der Waals surface area contributed by atoms with Crippen molar-refractivity contribution in [3.05, 3.63) is 0 Å². The van der Waals surface area contributed by atoms with Gasteiger partial charge in [-0.2, -0.15) is 0 Å². The third-order valence-electron chi connectivity index (χ3n) is 4.39. The van der Waals surface area contributed by atoms with E-state index in [1.54, 1.807) is 0 Å². The average molecular weight is 240 g/mol. The van der Waals surface area contributed by atoms with Crippen molar-refractivity contribution in [2.24, 2.45) is 23.5 Å². The van der Waals surface area contributed by atoms with Gasteiger partial charge in [0.05, 0.1) is 6.04 Å². The molecule has 0 bridgehead atoms. The molecule has 100 valence electrons. The van der Waals surface area contributed by atoms with Crippen molar-refractivity contribution in [1.82, 2.24) is 5.32 Å². The van der Waals surface area contributed by atoms with Gasteiger partial charge in [0.25, 0.3) is 0 Å². The molecule has 3 unspecified atom stereocenters. The maximum atomic E-state index is 11.9. The van der Waals surface area contributed by atoms with Gasteiger partial charge in [-0.05, 0) is 24.2 Å². The molecule has 0 radical (unpaired) electrons. The molecule has 1 rings (SSSR count). The standard InChI is InChI=1S/C14H28N2O/c1-4-10(2)13(15)14(17)16-9-12-8-6-5-7-11(12)3/h10-13H,4-9,15H2,1-3H3,(H,16,17)/t10?,11?,12?,13-/m0/s1. The van der Waals surface area contributed by atoms with Crippen molar-refractivity contribution < 1.29 is 4.79 Å². The molecule has 1 aliphatic rings. The Bertz CT molecular complexity index is 242. The van der Waals surface area contributed by atoms with Crippen LogP contribution in [0.3, 0.4) is 0 Å². The summed E-state index contributed by atoms with van der Waals surface area (Å²) in [4.78, 5) is 11.9. The first-order valence-corrected chi connectivity index (χ1v) is 7.09. The van der Waals surface area contributed by atoms with E-state index < -0.39 is 0 Å². The van der Waals surface area contributed by atoms with Crippen LogP contribution in [0.5, 0.6) is 0 Å². The van der Waals surface area contributed by atoms with Crippen LogP contribution in [-0.4, -0.2) is 18.5 Å². The van der Waals surface area contributed by atoms with Gasteiger partial charge in [0, 0.05) is 6.54 Å². The minimum atomic E-state index is -0.348. The zero-order valence-electron chi connectivity index (χ0n) is 11.5. The number of carbonyl (C=O) groups is 1. The van der Waals surface area contributed by atoms with Crippen molar-refractivity contribution >= 4 is 5.91 Å². The van der Waals surface area contributed by atoms with Crippen LogP contribution in [0.4, 0.5) is 0 Å². The molecule has 0 aliphatic heterocycles. The number of hydrogen-bond acceptors (Lipinski definition) is 2. The van der Waals surface area contributed by atoms with Crippen molar-refractivity contribution in [2.45, 2.75) is 58.9 Å². The van der Waals surface area contributed by atoms with E-state index in [9.17, 15) is 4.79 Å². The molecule has 17 heavy (non-hydrogen) atoms. The van der Waals surface area contributed by atoms with Crippen molar-refractivity contribution in [2.75, 3.05) is 6.54 Å². The Morgan fingerprint density at radius 2 is 2.06 bits per heavy atom. The van der Waals surface area contributed by atoms with E-state index in [1.807, 2.05) is 6.92 Å². The fourth-order valence-electron chi connectivity index (χ4n) is 2.56. The summed E-state index contributed by atoms with van der Waals surface area (Å²) in [5, 5.41) is 3.03. The van der Waals surface area contributed by atoms with Gasteiger partial charge in [-0.25, -0.2) is 0 Å². The molecule has 3 N–H and O–H groups in total. The van der Waals surface area contributed by atoms with Gasteiger partial charge in [-0.1, -0.05) is 46.5 Å². The number of nitrogens with one attached hydrogen (secondary N) is 1. The Balaban J connectivity index is 2.31. The predicted octanol–water partition coefficient (Wildman–Crippen LogP) is 2.30. The SMILES string of the molecule is CCC(C)[C@H](N)C(=O)NCC1CCCCC1C. The summed E-state index contributed by atoms with van der Waals surface area (Å²) in [5.41, 5.74) is 5.91. The smallest absolute Gasteiger partial charge is 0.237 e. The lowest BCUT2D eigenvalue weighted by atomic mass is 9.80. The second kappa shape index (κ2) is 7.00. The summed E-state index contributed by atoms with van der Waals surface area (Å²) in [6.07, 6.45) is 6.16. The zero-order chi connectivity index (χ0) is 12.8. The summed E-state index contributed by atoms with van der Waals surface area (Å²) in [5.74, 6) is 1.68. The van der Waals surface area contributed by atoms with Crippen LogP contribution < -0.4 is 11.1 Å². The molecule has 3 nitrogen and oxygen atoms in total. The molecule has 0 aromatic heterocycles. The minimum absolute atomic E-state index is 0.0251. The molecule has 0 spiro atoms. The quantitative estimate of drug-likeness (QED) is 0.774. The Labute approximate surface area is 106 Å². The Kier molecular flexibility index (Phi) is 5.96. The van der Waals surface area contributed by atoms with Crippen LogP contribution in [0.25, 0.3) is 0 Å². The molecule has 0 aromatic rings. The molecule has 1 saturated carbocycles. The first kappa shape index (κ1) is 14.5. The normalized spacial score (nSPS) is 28.5. The maximum absolute atomic E-state index is 11.9. The van der Waals surface area contributed by atoms with Crippen molar-refractivity contribution in [3.63, 3.8) is 0 Å². The summed E-state index contributed by atoms with van der Waals surface area (Å²) in [6, 6.07) is -0.348. The second-order valence-corrected chi connectivity index (χ2v) is 5.68. The van der Waals surface area contributed by atoms with Crippen LogP contribution in [0.1, 0.15) is 52.9 Å². The van der Waals surface area contributed by atoms with E-state index in [0.29, 0.717) is 5.92 Å². The summed E-state index contributed by atoms with van der Waals surface area (Å²) < 4.78 is 0. The largest absolute Gasteiger partial charge is 0.354 e. The number of carbonyl (C=O) groups excluding carboxylic acids is 1. The fraction of sp³-hybridized carbons (Fsp3) is 0.929. The Morgan fingerprint density at radius 3 is 2.65 bits per heavy atom. The molecule has 0 aromatic carbocycles. The van der Waals surface area contributed by atoms with E-state index in [0.717, 1.165) is 18.9 Å². The Hall–Kier alpha value is -0.570. The van der Waals surface area contributed by atoms with Gasteiger partial charge < -0.3 is 11.1 Å². The maximum Gasteiger partial charge on any atom is 0.237 e. The average Bonchev–Trinajstić information content (AvgIpc) is 2.35. The lowest BCUT2D eigenvalue weighted by Gasteiger charge is -2.29. The minimum Gasteiger partial charge on any atom is -0.354 e. The number of rotatable bonds is 5. The topological polar surface area (TPSA) is 55.1 Å². The lowest BCUT2D eigenvalue weighted by Crippen LogP contribution is -2.46. The monoisotopic (exact) mass is 240 g/mol. The van der Waals surface area contributed by atoms with E-state index in [-0.39, 0.29) is 17.9 Å². The molecule has 4 atom stereocenters. The molecule has 0 heterocycles. The van der Waals surface area contributed by atoms with Gasteiger partial charge in [0.2, 0.25) is 5.91 Å².